The molecule has 0 saturated heterocycles. The summed E-state index contributed by atoms with van der Waals surface area (Å²) < 4.78 is 4.96. The molecule has 0 unspecified atom stereocenters. The highest BCUT2D eigenvalue weighted by Crippen LogP contribution is 2.20. The lowest BCUT2D eigenvalue weighted by molar-refractivity contribution is 0.102. The Morgan fingerprint density at radius 2 is 2.13 bits per heavy atom. The second-order valence-electron chi connectivity index (χ2n) is 4.98. The highest BCUT2D eigenvalue weighted by molar-refractivity contribution is 6.31. The van der Waals surface area contributed by atoms with Gasteiger partial charge in [0.1, 0.15) is 11.5 Å². The highest BCUT2D eigenvalue weighted by Gasteiger charge is 2.09. The summed E-state index contributed by atoms with van der Waals surface area (Å²) in [5.41, 5.74) is 1.81. The first-order chi connectivity index (χ1) is 11.1. The summed E-state index contributed by atoms with van der Waals surface area (Å²) in [6.07, 6.45) is 3.84. The lowest BCUT2D eigenvalue weighted by atomic mass is 10.2. The van der Waals surface area contributed by atoms with Gasteiger partial charge in [-0.1, -0.05) is 17.7 Å². The molecule has 0 atom stereocenters. The summed E-state index contributed by atoms with van der Waals surface area (Å²) >= 11 is 6.04. The van der Waals surface area contributed by atoms with Gasteiger partial charge in [0, 0.05) is 31.0 Å². The number of rotatable bonds is 7. The van der Waals surface area contributed by atoms with Crippen LogP contribution < -0.4 is 10.6 Å². The third-order valence-corrected chi connectivity index (χ3v) is 3.55. The molecule has 1 heterocycles. The molecule has 1 amide bonds. The van der Waals surface area contributed by atoms with Crippen LogP contribution in [0.1, 0.15) is 22.5 Å². The number of nitrogens with one attached hydrogen (secondary N) is 2. The van der Waals surface area contributed by atoms with E-state index in [2.05, 4.69) is 20.6 Å². The van der Waals surface area contributed by atoms with Gasteiger partial charge in [0.15, 0.2) is 0 Å². The first-order valence-electron chi connectivity index (χ1n) is 7.22. The first kappa shape index (κ1) is 17.2. The van der Waals surface area contributed by atoms with E-state index in [1.54, 1.807) is 19.2 Å². The number of aromatic nitrogens is 2. The number of hydrogen-bond donors (Lipinski definition) is 2. The fourth-order valence-corrected chi connectivity index (χ4v) is 2.02. The Morgan fingerprint density at radius 1 is 1.30 bits per heavy atom. The first-order valence-corrected chi connectivity index (χ1v) is 7.60. The lowest BCUT2D eigenvalue weighted by Crippen LogP contribution is -2.15. The standard InChI is InChI=1S/C16H19ClN4O2/c1-11-4-5-12(8-13(11)17)21-16(22)14-9-20-15(10-19-14)18-6-3-7-23-2/h4-5,8-10H,3,6-7H2,1-2H3,(H,18,20)(H,21,22). The van der Waals surface area contributed by atoms with Gasteiger partial charge in [-0.3, -0.25) is 4.79 Å². The minimum absolute atomic E-state index is 0.240. The summed E-state index contributed by atoms with van der Waals surface area (Å²) in [6, 6.07) is 5.34. The van der Waals surface area contributed by atoms with Crippen LogP contribution in [0.5, 0.6) is 0 Å². The normalized spacial score (nSPS) is 10.4. The zero-order valence-electron chi connectivity index (χ0n) is 13.1. The summed E-state index contributed by atoms with van der Waals surface area (Å²) in [6.45, 7) is 3.31. The average molecular weight is 335 g/mol. The third-order valence-electron chi connectivity index (χ3n) is 3.15. The Balaban J connectivity index is 1.93. The van der Waals surface area contributed by atoms with Crippen molar-refractivity contribution in [2.24, 2.45) is 0 Å². The molecule has 23 heavy (non-hydrogen) atoms. The van der Waals surface area contributed by atoms with Crippen molar-refractivity contribution in [3.8, 4) is 0 Å². The van der Waals surface area contributed by atoms with E-state index in [9.17, 15) is 4.79 Å². The van der Waals surface area contributed by atoms with Gasteiger partial charge in [-0.25, -0.2) is 9.97 Å². The SMILES string of the molecule is COCCCNc1cnc(C(=O)Nc2ccc(C)c(Cl)c2)cn1. The minimum atomic E-state index is -0.330. The molecule has 0 bridgehead atoms. The molecule has 2 rings (SSSR count). The van der Waals surface area contributed by atoms with Crippen LogP contribution in [0.15, 0.2) is 30.6 Å². The van der Waals surface area contributed by atoms with E-state index in [1.165, 1.54) is 12.4 Å². The Labute approximate surface area is 140 Å². The fourth-order valence-electron chi connectivity index (χ4n) is 1.84. The van der Waals surface area contributed by atoms with Crippen molar-refractivity contribution in [1.82, 2.24) is 9.97 Å². The molecule has 0 spiro atoms. The van der Waals surface area contributed by atoms with Crippen LogP contribution in [0.4, 0.5) is 11.5 Å². The number of anilines is 2. The van der Waals surface area contributed by atoms with E-state index < -0.39 is 0 Å². The smallest absolute Gasteiger partial charge is 0.275 e. The number of methoxy groups -OCH3 is 1. The number of carbonyl (C=O) groups is 1. The number of halogens is 1. The molecule has 6 nitrogen and oxygen atoms in total. The quantitative estimate of drug-likeness (QED) is 0.761. The average Bonchev–Trinajstić information content (AvgIpc) is 2.55. The van der Waals surface area contributed by atoms with Gasteiger partial charge in [-0.05, 0) is 31.0 Å². The molecule has 7 heteroatoms. The number of amides is 1. The van der Waals surface area contributed by atoms with Crippen molar-refractivity contribution in [1.29, 1.82) is 0 Å². The number of carbonyl (C=O) groups excluding carboxylic acids is 1. The van der Waals surface area contributed by atoms with Crippen molar-refractivity contribution in [3.63, 3.8) is 0 Å². The second-order valence-corrected chi connectivity index (χ2v) is 5.39. The second kappa shape index (κ2) is 8.45. The molecule has 0 fully saturated rings. The molecule has 0 aliphatic rings. The molecule has 122 valence electrons. The van der Waals surface area contributed by atoms with Crippen LogP contribution in [-0.4, -0.2) is 36.1 Å². The molecule has 1 aromatic heterocycles. The van der Waals surface area contributed by atoms with Gasteiger partial charge in [0.05, 0.1) is 12.4 Å². The topological polar surface area (TPSA) is 76.1 Å². The number of aryl methyl sites for hydroxylation is 1. The van der Waals surface area contributed by atoms with Crippen LogP contribution in [-0.2, 0) is 4.74 Å². The predicted octanol–water partition coefficient (Wildman–Crippen LogP) is 3.14. The molecule has 2 N–H and O–H groups in total. The van der Waals surface area contributed by atoms with Crippen LogP contribution in [0, 0.1) is 6.92 Å². The molecular formula is C16H19ClN4O2. The van der Waals surface area contributed by atoms with Gasteiger partial charge in [0.2, 0.25) is 0 Å². The number of ether oxygens (including phenoxy) is 1. The van der Waals surface area contributed by atoms with Crippen LogP contribution in [0.3, 0.4) is 0 Å². The molecule has 0 saturated carbocycles. The van der Waals surface area contributed by atoms with Crippen molar-refractivity contribution in [2.75, 3.05) is 30.9 Å². The number of benzene rings is 1. The zero-order chi connectivity index (χ0) is 16.7. The van der Waals surface area contributed by atoms with Crippen molar-refractivity contribution >= 4 is 29.0 Å². The summed E-state index contributed by atoms with van der Waals surface area (Å²) in [5.74, 6) is 0.291. The maximum Gasteiger partial charge on any atom is 0.275 e. The van der Waals surface area contributed by atoms with Gasteiger partial charge >= 0.3 is 0 Å². The van der Waals surface area contributed by atoms with E-state index in [4.69, 9.17) is 16.3 Å². The monoisotopic (exact) mass is 334 g/mol. The molecule has 0 radical (unpaired) electrons. The minimum Gasteiger partial charge on any atom is -0.385 e. The van der Waals surface area contributed by atoms with Crippen molar-refractivity contribution in [2.45, 2.75) is 13.3 Å². The lowest BCUT2D eigenvalue weighted by Gasteiger charge is -2.07. The number of nitrogens with zero attached hydrogens (tertiary/aromatic N) is 2. The molecular weight excluding hydrogens is 316 g/mol. The Hall–Kier alpha value is -2.18. The molecule has 0 aliphatic heterocycles. The van der Waals surface area contributed by atoms with E-state index in [-0.39, 0.29) is 11.6 Å². The molecule has 1 aromatic carbocycles. The molecule has 2 aromatic rings. The van der Waals surface area contributed by atoms with Gasteiger partial charge in [0.25, 0.3) is 5.91 Å². The largest absolute Gasteiger partial charge is 0.385 e. The third kappa shape index (κ3) is 5.19. The number of hydrogen-bond acceptors (Lipinski definition) is 5. The van der Waals surface area contributed by atoms with Gasteiger partial charge in [-0.15, -0.1) is 0 Å². The van der Waals surface area contributed by atoms with E-state index >= 15 is 0 Å². The summed E-state index contributed by atoms with van der Waals surface area (Å²) in [7, 11) is 1.66. The Bertz CT molecular complexity index is 662. The van der Waals surface area contributed by atoms with E-state index in [0.29, 0.717) is 23.1 Å². The Kier molecular flexibility index (Phi) is 6.31. The maximum atomic E-state index is 12.1. The van der Waals surface area contributed by atoms with Gasteiger partial charge < -0.3 is 15.4 Å². The molecule has 0 aliphatic carbocycles. The van der Waals surface area contributed by atoms with Gasteiger partial charge in [-0.2, -0.15) is 0 Å². The maximum absolute atomic E-state index is 12.1. The highest BCUT2D eigenvalue weighted by atomic mass is 35.5. The summed E-state index contributed by atoms with van der Waals surface area (Å²) in [5, 5.41) is 6.45. The van der Waals surface area contributed by atoms with Crippen molar-refractivity contribution in [3.05, 3.63) is 46.9 Å². The van der Waals surface area contributed by atoms with Crippen LogP contribution >= 0.6 is 11.6 Å². The van der Waals surface area contributed by atoms with E-state index in [0.717, 1.165) is 18.5 Å². The Morgan fingerprint density at radius 3 is 2.78 bits per heavy atom. The van der Waals surface area contributed by atoms with Crippen molar-refractivity contribution < 1.29 is 9.53 Å². The van der Waals surface area contributed by atoms with Crippen LogP contribution in [0.2, 0.25) is 5.02 Å². The predicted molar refractivity (Wildman–Crippen MR) is 91.2 cm³/mol. The zero-order valence-corrected chi connectivity index (χ0v) is 13.9. The summed E-state index contributed by atoms with van der Waals surface area (Å²) in [4.78, 5) is 20.4. The van der Waals surface area contributed by atoms with E-state index in [1.807, 2.05) is 13.0 Å². The van der Waals surface area contributed by atoms with Crippen LogP contribution in [0.25, 0.3) is 0 Å². The fraction of sp³-hybridized carbons (Fsp3) is 0.312.